The molecule has 14 heavy (non-hydrogen) atoms. The molecule has 0 fully saturated rings. The third-order valence-corrected chi connectivity index (χ3v) is 0. The van der Waals surface area contributed by atoms with Crippen LogP contribution in [0.25, 0.3) is 0 Å². The molecular weight excluding hydrogens is 236 g/mol. The van der Waals surface area contributed by atoms with E-state index in [-0.39, 0.29) is 5.78 Å². The maximum absolute atomic E-state index is 9.44. The lowest BCUT2D eigenvalue weighted by molar-refractivity contribution is -0.115. The van der Waals surface area contributed by atoms with E-state index in [9.17, 15) is 21.6 Å². The summed E-state index contributed by atoms with van der Waals surface area (Å²) in [4.78, 5) is 9.44. The number of hydrogen-bond acceptors (Lipinski definition) is 5. The third kappa shape index (κ3) is 4860. The summed E-state index contributed by atoms with van der Waals surface area (Å²) < 4.78 is 51.7. The van der Waals surface area contributed by atoms with Crippen molar-refractivity contribution in [3.05, 3.63) is 0 Å². The van der Waals surface area contributed by atoms with E-state index < -0.39 is 20.2 Å². The number of hydrogen-bond donors (Lipinski definition) is 2. The fourth-order valence-corrected chi connectivity index (χ4v) is 0. The van der Waals surface area contributed by atoms with Gasteiger partial charge in [0.1, 0.15) is 5.78 Å². The van der Waals surface area contributed by atoms with Gasteiger partial charge in [-0.1, -0.05) is 0 Å². The minimum Gasteiger partial charge on any atom is -0.300 e. The Morgan fingerprint density at radius 2 is 0.857 bits per heavy atom. The molecule has 9 heteroatoms. The molecule has 0 aromatic heterocycles. The number of rotatable bonds is 0. The summed E-state index contributed by atoms with van der Waals surface area (Å²) in [5.41, 5.74) is 0. The highest BCUT2D eigenvalue weighted by atomic mass is 32.2. The minimum absolute atomic E-state index is 0.167. The zero-order chi connectivity index (χ0) is 12.6. The Balaban J connectivity index is -0.000000131. The molecule has 0 radical (unpaired) electrons. The second-order valence-electron chi connectivity index (χ2n) is 2.37. The molecule has 7 nitrogen and oxygen atoms in total. The normalized spacial score (nSPS) is 10.1. The highest BCUT2D eigenvalue weighted by Crippen LogP contribution is 1.61. The van der Waals surface area contributed by atoms with Gasteiger partial charge in [0.05, 0.1) is 12.5 Å². The van der Waals surface area contributed by atoms with Crippen LogP contribution in [0.4, 0.5) is 0 Å². The molecule has 0 saturated carbocycles. The van der Waals surface area contributed by atoms with E-state index in [0.717, 1.165) is 0 Å². The third-order valence-electron chi connectivity index (χ3n) is 0. The monoisotopic (exact) mass is 250 g/mol. The van der Waals surface area contributed by atoms with E-state index in [0.29, 0.717) is 12.5 Å². The first-order valence-corrected chi connectivity index (χ1v) is 6.75. The van der Waals surface area contributed by atoms with Crippen molar-refractivity contribution in [2.45, 2.75) is 13.8 Å². The zero-order valence-electron chi connectivity index (χ0n) is 8.25. The zero-order valence-corrected chi connectivity index (χ0v) is 9.89. The van der Waals surface area contributed by atoms with Crippen LogP contribution in [0.15, 0.2) is 0 Å². The van der Waals surface area contributed by atoms with E-state index in [2.05, 4.69) is 0 Å². The maximum atomic E-state index is 9.44. The van der Waals surface area contributed by atoms with E-state index in [4.69, 9.17) is 9.11 Å². The molecule has 0 saturated heterocycles. The van der Waals surface area contributed by atoms with Gasteiger partial charge in [0.15, 0.2) is 0 Å². The van der Waals surface area contributed by atoms with Crippen LogP contribution in [0.2, 0.25) is 0 Å². The summed E-state index contributed by atoms with van der Waals surface area (Å²) in [6.45, 7) is 3.06. The fraction of sp³-hybridized carbons (Fsp3) is 0.800. The van der Waals surface area contributed by atoms with Crippen molar-refractivity contribution in [2.24, 2.45) is 0 Å². The highest BCUT2D eigenvalue weighted by molar-refractivity contribution is 7.85. The Bertz CT molecular complexity index is 286. The molecule has 0 rings (SSSR count). The number of carbonyl (C=O) groups is 1. The van der Waals surface area contributed by atoms with Crippen molar-refractivity contribution < 1.29 is 30.7 Å². The van der Waals surface area contributed by atoms with Crippen LogP contribution >= 0.6 is 0 Å². The quantitative estimate of drug-likeness (QED) is 0.560. The van der Waals surface area contributed by atoms with Gasteiger partial charge < -0.3 is 4.79 Å². The summed E-state index contributed by atoms with van der Waals surface area (Å²) in [6.07, 6.45) is 1.43. The average Bonchev–Trinajstić information content (AvgIpc) is 1.45. The van der Waals surface area contributed by atoms with Crippen LogP contribution in [-0.2, 0) is 25.0 Å². The molecule has 0 aliphatic heterocycles. The Morgan fingerprint density at radius 1 is 0.857 bits per heavy atom. The molecule has 0 unspecified atom stereocenters. The lowest BCUT2D eigenvalue weighted by Crippen LogP contribution is -1.88. The van der Waals surface area contributed by atoms with Gasteiger partial charge in [-0.2, -0.15) is 16.8 Å². The number of ketones is 1. The standard InChI is InChI=1S/C3H6O.2CH4O3S/c1-3(2)4;2*1-5(2,3)4/h1-2H3;2*1H3,(H,2,3,4). The van der Waals surface area contributed by atoms with Crippen LogP contribution < -0.4 is 0 Å². The van der Waals surface area contributed by atoms with Crippen LogP contribution in [0.3, 0.4) is 0 Å². The van der Waals surface area contributed by atoms with Gasteiger partial charge in [-0.05, 0) is 13.8 Å². The minimum atomic E-state index is -3.67. The van der Waals surface area contributed by atoms with Gasteiger partial charge in [0, 0.05) is 0 Å². The first-order chi connectivity index (χ1) is 5.73. The first kappa shape index (κ1) is 19.1. The molecule has 0 amide bonds. The molecular formula is C5H14O7S2. The molecule has 0 aromatic rings. The lowest BCUT2D eigenvalue weighted by atomic mass is 10.6. The molecule has 0 aromatic carbocycles. The Labute approximate surface area is 83.6 Å². The SMILES string of the molecule is CC(C)=O.CS(=O)(=O)O.CS(=O)(=O)O. The summed E-state index contributed by atoms with van der Waals surface area (Å²) in [6, 6.07) is 0. The van der Waals surface area contributed by atoms with Crippen molar-refractivity contribution >= 4 is 26.0 Å². The van der Waals surface area contributed by atoms with Gasteiger partial charge >= 0.3 is 0 Å². The molecule has 0 atom stereocenters. The van der Waals surface area contributed by atoms with Crippen LogP contribution in [0, 0.1) is 0 Å². The lowest BCUT2D eigenvalue weighted by Gasteiger charge is -1.69. The van der Waals surface area contributed by atoms with E-state index >= 15 is 0 Å². The number of carbonyl (C=O) groups excluding carboxylic acids is 1. The summed E-state index contributed by atoms with van der Waals surface area (Å²) in [7, 11) is -7.33. The van der Waals surface area contributed by atoms with Gasteiger partial charge in [-0.15, -0.1) is 0 Å². The van der Waals surface area contributed by atoms with E-state index in [1.807, 2.05) is 0 Å². The Kier molecular flexibility index (Phi) is 10.7. The van der Waals surface area contributed by atoms with E-state index in [1.165, 1.54) is 13.8 Å². The van der Waals surface area contributed by atoms with Crippen LogP contribution in [-0.4, -0.2) is 44.2 Å². The molecule has 0 heterocycles. The second-order valence-corrected chi connectivity index (χ2v) is 5.31. The maximum Gasteiger partial charge on any atom is 0.261 e. The van der Waals surface area contributed by atoms with Crippen molar-refractivity contribution in [1.82, 2.24) is 0 Å². The molecule has 88 valence electrons. The summed E-state index contributed by atoms with van der Waals surface area (Å²) in [5, 5.41) is 0. The van der Waals surface area contributed by atoms with Crippen molar-refractivity contribution in [3.63, 3.8) is 0 Å². The first-order valence-electron chi connectivity index (χ1n) is 3.05. The van der Waals surface area contributed by atoms with Crippen LogP contribution in [0.5, 0.6) is 0 Å². The van der Waals surface area contributed by atoms with Gasteiger partial charge in [-0.25, -0.2) is 0 Å². The van der Waals surface area contributed by atoms with Crippen molar-refractivity contribution in [2.75, 3.05) is 12.5 Å². The van der Waals surface area contributed by atoms with E-state index in [1.54, 1.807) is 0 Å². The van der Waals surface area contributed by atoms with Crippen LogP contribution in [0.1, 0.15) is 13.8 Å². The number of Topliss-reactive ketones (excluding diaryl/α,β-unsaturated/α-hetero) is 1. The van der Waals surface area contributed by atoms with Gasteiger partial charge in [0.25, 0.3) is 20.2 Å². The van der Waals surface area contributed by atoms with Crippen molar-refractivity contribution in [3.8, 4) is 0 Å². The predicted octanol–water partition coefficient (Wildman–Crippen LogP) is -0.397. The predicted molar refractivity (Wildman–Crippen MR) is 51.3 cm³/mol. The Hall–Kier alpha value is -0.510. The van der Waals surface area contributed by atoms with Gasteiger partial charge in [0.2, 0.25) is 0 Å². The highest BCUT2D eigenvalue weighted by Gasteiger charge is 1.82. The molecule has 0 aliphatic rings. The smallest absolute Gasteiger partial charge is 0.261 e. The molecule has 0 spiro atoms. The van der Waals surface area contributed by atoms with Crippen molar-refractivity contribution in [1.29, 1.82) is 0 Å². The van der Waals surface area contributed by atoms with Gasteiger partial charge in [-0.3, -0.25) is 9.11 Å². The summed E-state index contributed by atoms with van der Waals surface area (Å²) in [5.74, 6) is 0.167. The average molecular weight is 250 g/mol. The molecule has 0 aliphatic carbocycles. The molecule has 0 bridgehead atoms. The Morgan fingerprint density at radius 3 is 0.857 bits per heavy atom. The topological polar surface area (TPSA) is 126 Å². The fourth-order valence-electron chi connectivity index (χ4n) is 0. The summed E-state index contributed by atoms with van der Waals surface area (Å²) >= 11 is 0. The second kappa shape index (κ2) is 7.85. The largest absolute Gasteiger partial charge is 0.300 e. The molecule has 2 N–H and O–H groups in total.